The van der Waals surface area contributed by atoms with Crippen molar-refractivity contribution in [1.82, 2.24) is 20.0 Å². The Morgan fingerprint density at radius 1 is 1.20 bits per heavy atom. The molecule has 3 amide bonds. The zero-order valence-electron chi connectivity index (χ0n) is 12.3. The average Bonchev–Trinajstić information content (AvgIpc) is 2.84. The number of urea groups is 1. The molecule has 2 unspecified atom stereocenters. The van der Waals surface area contributed by atoms with Crippen LogP contribution in [0.3, 0.4) is 0 Å². The molecule has 0 aromatic carbocycles. The highest BCUT2D eigenvalue weighted by atomic mass is 16.2. The minimum absolute atomic E-state index is 0.248. The fourth-order valence-corrected chi connectivity index (χ4v) is 3.10. The molecule has 0 spiro atoms. The molecular formula is C13H19N5O2. The summed E-state index contributed by atoms with van der Waals surface area (Å²) in [6, 6.07) is -0.611. The number of hydrogen-bond donors (Lipinski definition) is 1. The molecule has 1 N–H and O–H groups in total. The number of guanidine groups is 1. The number of imide groups is 1. The van der Waals surface area contributed by atoms with Gasteiger partial charge in [-0.1, -0.05) is 0 Å². The Kier molecular flexibility index (Phi) is 2.57. The lowest BCUT2D eigenvalue weighted by molar-refractivity contribution is -0.126. The number of nitrogens with zero attached hydrogens (tertiary/aromatic N) is 4. The van der Waals surface area contributed by atoms with Gasteiger partial charge in [0, 0.05) is 24.5 Å². The van der Waals surface area contributed by atoms with Crippen molar-refractivity contribution in [2.45, 2.75) is 45.9 Å². The van der Waals surface area contributed by atoms with Crippen LogP contribution in [0.4, 0.5) is 4.79 Å². The van der Waals surface area contributed by atoms with Gasteiger partial charge in [-0.25, -0.2) is 9.79 Å². The van der Waals surface area contributed by atoms with Gasteiger partial charge in [0.1, 0.15) is 0 Å². The molecule has 0 bridgehead atoms. The summed E-state index contributed by atoms with van der Waals surface area (Å²) in [5.74, 6) is 0.483. The third-order valence-electron chi connectivity index (χ3n) is 4.22. The number of likely N-dealkylation sites (N-methyl/N-ethyl adjacent to an activating group) is 1. The molecule has 7 heteroatoms. The minimum Gasteiger partial charge on any atom is -0.312 e. The highest BCUT2D eigenvalue weighted by molar-refractivity contribution is 6.05. The van der Waals surface area contributed by atoms with Crippen molar-refractivity contribution in [2.24, 2.45) is 4.99 Å². The van der Waals surface area contributed by atoms with Crippen LogP contribution in [0, 0.1) is 0 Å². The summed E-state index contributed by atoms with van der Waals surface area (Å²) in [7, 11) is 1.66. The van der Waals surface area contributed by atoms with E-state index in [1.165, 1.54) is 4.90 Å². The molecule has 0 saturated carbocycles. The Morgan fingerprint density at radius 2 is 1.85 bits per heavy atom. The first-order chi connectivity index (χ1) is 9.34. The van der Waals surface area contributed by atoms with Crippen molar-refractivity contribution >= 4 is 17.9 Å². The highest BCUT2D eigenvalue weighted by Gasteiger charge is 2.53. The molecule has 3 aliphatic rings. The summed E-state index contributed by atoms with van der Waals surface area (Å²) in [4.78, 5) is 34.1. The minimum atomic E-state index is -0.466. The van der Waals surface area contributed by atoms with Crippen LogP contribution in [-0.4, -0.2) is 57.9 Å². The zero-order valence-corrected chi connectivity index (χ0v) is 12.3. The third-order valence-corrected chi connectivity index (χ3v) is 4.22. The number of fused-ring (bicyclic) bond motifs is 3. The van der Waals surface area contributed by atoms with Crippen LogP contribution in [0.25, 0.3) is 0 Å². The lowest BCUT2D eigenvalue weighted by Gasteiger charge is -2.35. The summed E-state index contributed by atoms with van der Waals surface area (Å²) in [5.41, 5.74) is 2.12. The van der Waals surface area contributed by atoms with E-state index >= 15 is 0 Å². The lowest BCUT2D eigenvalue weighted by atomic mass is 10.1. The van der Waals surface area contributed by atoms with Gasteiger partial charge in [0.2, 0.25) is 5.96 Å². The molecule has 7 nitrogen and oxygen atoms in total. The normalized spacial score (nSPS) is 29.1. The zero-order chi connectivity index (χ0) is 14.8. The molecule has 0 aromatic rings. The van der Waals surface area contributed by atoms with Crippen molar-refractivity contribution in [3.05, 3.63) is 11.4 Å². The number of hydrogen-bond acceptors (Lipinski definition) is 5. The van der Waals surface area contributed by atoms with E-state index in [0.717, 1.165) is 17.4 Å². The number of allylic oxidation sites excluding steroid dienone is 2. The van der Waals surface area contributed by atoms with Gasteiger partial charge in [0.15, 0.2) is 12.2 Å². The number of nitrogens with one attached hydrogen (secondary N) is 1. The predicted molar refractivity (Wildman–Crippen MR) is 73.5 cm³/mol. The molecule has 0 aliphatic carbocycles. The van der Waals surface area contributed by atoms with Crippen LogP contribution in [0.5, 0.6) is 0 Å². The number of amides is 3. The lowest BCUT2D eigenvalue weighted by Crippen LogP contribution is -2.63. The summed E-state index contributed by atoms with van der Waals surface area (Å²) in [6.07, 6.45) is -0.449. The van der Waals surface area contributed by atoms with Gasteiger partial charge in [0.05, 0.1) is 0 Å². The molecule has 0 aromatic heterocycles. The second-order valence-corrected chi connectivity index (χ2v) is 5.70. The van der Waals surface area contributed by atoms with Crippen LogP contribution in [0.2, 0.25) is 0 Å². The number of carbonyl (C=O) groups is 2. The van der Waals surface area contributed by atoms with Crippen molar-refractivity contribution in [3.63, 3.8) is 0 Å². The second-order valence-electron chi connectivity index (χ2n) is 5.70. The summed E-state index contributed by atoms with van der Waals surface area (Å²) < 4.78 is 0. The van der Waals surface area contributed by atoms with Crippen LogP contribution in [-0.2, 0) is 4.79 Å². The maximum Gasteiger partial charge on any atom is 0.325 e. The van der Waals surface area contributed by atoms with Gasteiger partial charge in [-0.3, -0.25) is 15.0 Å². The number of aliphatic imine (C=N–C) groups is 1. The summed E-state index contributed by atoms with van der Waals surface area (Å²) >= 11 is 0. The van der Waals surface area contributed by atoms with E-state index in [-0.39, 0.29) is 11.9 Å². The van der Waals surface area contributed by atoms with E-state index in [1.54, 1.807) is 7.05 Å². The molecule has 1 fully saturated rings. The number of carbonyl (C=O) groups excluding carboxylic acids is 2. The molecular weight excluding hydrogens is 258 g/mol. The molecule has 0 radical (unpaired) electrons. The maximum absolute atomic E-state index is 12.2. The molecule has 20 heavy (non-hydrogen) atoms. The quantitative estimate of drug-likeness (QED) is 0.758. The van der Waals surface area contributed by atoms with E-state index in [4.69, 9.17) is 0 Å². The van der Waals surface area contributed by atoms with Crippen molar-refractivity contribution in [3.8, 4) is 0 Å². The van der Waals surface area contributed by atoms with Gasteiger partial charge < -0.3 is 9.80 Å². The molecule has 3 aliphatic heterocycles. The molecule has 2 atom stereocenters. The van der Waals surface area contributed by atoms with Crippen LogP contribution in [0.1, 0.15) is 27.7 Å². The molecule has 3 rings (SSSR count). The van der Waals surface area contributed by atoms with Gasteiger partial charge in [-0.05, 0) is 27.7 Å². The van der Waals surface area contributed by atoms with E-state index in [2.05, 4.69) is 29.1 Å². The molecule has 1 saturated heterocycles. The Hall–Kier alpha value is -2.05. The first-order valence-electron chi connectivity index (χ1n) is 6.76. The second kappa shape index (κ2) is 3.97. The monoisotopic (exact) mass is 277 g/mol. The number of rotatable bonds is 1. The average molecular weight is 277 g/mol. The fraction of sp³-hybridized carbons (Fsp3) is 0.615. The van der Waals surface area contributed by atoms with E-state index in [9.17, 15) is 9.59 Å². The van der Waals surface area contributed by atoms with Crippen LogP contribution in [0.15, 0.2) is 16.4 Å². The Balaban J connectivity index is 2.07. The molecule has 3 heterocycles. The first kappa shape index (κ1) is 13.0. The van der Waals surface area contributed by atoms with Gasteiger partial charge in [-0.15, -0.1) is 0 Å². The van der Waals surface area contributed by atoms with Crippen LogP contribution < -0.4 is 5.32 Å². The topological polar surface area (TPSA) is 68.2 Å². The Bertz CT molecular complexity index is 565. The SMILES string of the molecule is CC1=C(C)N2C(=NC3C2C(=O)NC(=O)N3C)N1C(C)C. The summed E-state index contributed by atoms with van der Waals surface area (Å²) in [5, 5.41) is 2.38. The Labute approximate surface area is 117 Å². The Morgan fingerprint density at radius 3 is 2.45 bits per heavy atom. The third kappa shape index (κ3) is 1.43. The largest absolute Gasteiger partial charge is 0.325 e. The summed E-state index contributed by atoms with van der Waals surface area (Å²) in [6.45, 7) is 8.18. The van der Waals surface area contributed by atoms with Crippen molar-refractivity contribution in [1.29, 1.82) is 0 Å². The van der Waals surface area contributed by atoms with E-state index in [0.29, 0.717) is 0 Å². The van der Waals surface area contributed by atoms with E-state index < -0.39 is 18.2 Å². The van der Waals surface area contributed by atoms with Gasteiger partial charge in [0.25, 0.3) is 5.91 Å². The first-order valence-corrected chi connectivity index (χ1v) is 6.76. The molecule has 108 valence electrons. The van der Waals surface area contributed by atoms with E-state index in [1.807, 2.05) is 18.7 Å². The van der Waals surface area contributed by atoms with Crippen molar-refractivity contribution in [2.75, 3.05) is 7.05 Å². The van der Waals surface area contributed by atoms with Crippen molar-refractivity contribution < 1.29 is 9.59 Å². The van der Waals surface area contributed by atoms with Gasteiger partial charge >= 0.3 is 6.03 Å². The highest BCUT2D eigenvalue weighted by Crippen LogP contribution is 2.36. The predicted octanol–water partition coefficient (Wildman–Crippen LogP) is 0.510. The standard InChI is InChI=1S/C13H19N5O2/c1-6(2)17-7(3)8(4)18-9-10(14-12(17)18)16(5)13(20)15-11(9)19/h6,9-10H,1-5H3,(H,15,19,20). The smallest absolute Gasteiger partial charge is 0.312 e. The van der Waals surface area contributed by atoms with Gasteiger partial charge in [-0.2, -0.15) is 0 Å². The fourth-order valence-electron chi connectivity index (χ4n) is 3.10. The maximum atomic E-state index is 12.2. The van der Waals surface area contributed by atoms with Crippen LogP contribution >= 0.6 is 0 Å².